The first-order valence-electron chi connectivity index (χ1n) is 7.97. The van der Waals surface area contributed by atoms with Gasteiger partial charge in [-0.3, -0.25) is 0 Å². The Labute approximate surface area is 123 Å². The number of hydrogen-bond donors (Lipinski definition) is 1. The van der Waals surface area contributed by atoms with E-state index in [0.29, 0.717) is 38.0 Å². The van der Waals surface area contributed by atoms with Crippen molar-refractivity contribution in [3.05, 3.63) is 0 Å². The largest absolute Gasteiger partial charge is 0.319 e. The smallest absolute Gasteiger partial charge is 0.281 e. The summed E-state index contributed by atoms with van der Waals surface area (Å²) in [6.45, 7) is 5.88. The molecule has 20 heavy (non-hydrogen) atoms. The molecular formula is C14H29N3O2S. The Morgan fingerprint density at radius 3 is 2.35 bits per heavy atom. The van der Waals surface area contributed by atoms with E-state index in [1.165, 1.54) is 6.42 Å². The maximum atomic E-state index is 12.7. The Morgan fingerprint density at radius 1 is 1.05 bits per heavy atom. The van der Waals surface area contributed by atoms with Gasteiger partial charge in [-0.1, -0.05) is 13.3 Å². The molecule has 0 bridgehead atoms. The van der Waals surface area contributed by atoms with Crippen LogP contribution in [0.2, 0.25) is 0 Å². The van der Waals surface area contributed by atoms with E-state index in [2.05, 4.69) is 12.2 Å². The second kappa shape index (κ2) is 7.20. The van der Waals surface area contributed by atoms with Gasteiger partial charge in [-0.15, -0.1) is 0 Å². The van der Waals surface area contributed by atoms with Crippen LogP contribution in [0.3, 0.4) is 0 Å². The Hall–Kier alpha value is -0.170. The maximum absolute atomic E-state index is 12.7. The van der Waals surface area contributed by atoms with Crippen molar-refractivity contribution in [1.82, 2.24) is 13.9 Å². The number of piperidine rings is 2. The molecule has 2 aliphatic rings. The molecular weight excluding hydrogens is 274 g/mol. The van der Waals surface area contributed by atoms with Gasteiger partial charge in [0.25, 0.3) is 10.2 Å². The van der Waals surface area contributed by atoms with E-state index in [1.54, 1.807) is 8.61 Å². The van der Waals surface area contributed by atoms with Crippen molar-refractivity contribution >= 4 is 10.2 Å². The molecule has 2 saturated heterocycles. The first kappa shape index (κ1) is 16.2. The summed E-state index contributed by atoms with van der Waals surface area (Å²) < 4.78 is 28.9. The van der Waals surface area contributed by atoms with E-state index in [0.717, 1.165) is 32.2 Å². The van der Waals surface area contributed by atoms with Gasteiger partial charge >= 0.3 is 0 Å². The molecule has 0 aromatic carbocycles. The molecule has 0 aromatic heterocycles. The zero-order valence-electron chi connectivity index (χ0n) is 12.8. The molecule has 0 amide bonds. The average Bonchev–Trinajstić information content (AvgIpc) is 2.48. The summed E-state index contributed by atoms with van der Waals surface area (Å²) in [5, 5.41) is 3.17. The van der Waals surface area contributed by atoms with Crippen molar-refractivity contribution in [3.8, 4) is 0 Å². The molecule has 1 atom stereocenters. The highest BCUT2D eigenvalue weighted by molar-refractivity contribution is 7.86. The maximum Gasteiger partial charge on any atom is 0.281 e. The second-order valence-corrected chi connectivity index (χ2v) is 8.11. The third-order valence-electron chi connectivity index (χ3n) is 4.78. The Bertz CT molecular complexity index is 389. The van der Waals surface area contributed by atoms with Crippen molar-refractivity contribution in [2.45, 2.75) is 39.0 Å². The van der Waals surface area contributed by atoms with Crippen LogP contribution in [0, 0.1) is 11.8 Å². The SMILES string of the molecule is CCC1CCN(S(=O)(=O)N2CCCC(CNC)C2)CC1. The highest BCUT2D eigenvalue weighted by atomic mass is 32.2. The van der Waals surface area contributed by atoms with E-state index in [-0.39, 0.29) is 0 Å². The monoisotopic (exact) mass is 303 g/mol. The molecule has 0 aliphatic carbocycles. The average molecular weight is 303 g/mol. The van der Waals surface area contributed by atoms with Gasteiger partial charge < -0.3 is 5.32 Å². The molecule has 0 spiro atoms. The molecule has 2 aliphatic heterocycles. The van der Waals surface area contributed by atoms with Gasteiger partial charge in [-0.2, -0.15) is 17.0 Å². The summed E-state index contributed by atoms with van der Waals surface area (Å²) in [7, 11) is -1.30. The molecule has 2 heterocycles. The first-order chi connectivity index (χ1) is 9.57. The Balaban J connectivity index is 1.96. The van der Waals surface area contributed by atoms with Crippen LogP contribution in [0.5, 0.6) is 0 Å². The lowest BCUT2D eigenvalue weighted by Gasteiger charge is -2.38. The van der Waals surface area contributed by atoms with E-state index >= 15 is 0 Å². The van der Waals surface area contributed by atoms with Crippen LogP contribution in [0.1, 0.15) is 39.0 Å². The lowest BCUT2D eigenvalue weighted by atomic mass is 9.96. The van der Waals surface area contributed by atoms with E-state index < -0.39 is 10.2 Å². The molecule has 1 N–H and O–H groups in total. The molecule has 2 rings (SSSR count). The summed E-state index contributed by atoms with van der Waals surface area (Å²) in [4.78, 5) is 0. The molecule has 0 radical (unpaired) electrons. The third-order valence-corrected chi connectivity index (χ3v) is 6.78. The highest BCUT2D eigenvalue weighted by Gasteiger charge is 2.35. The number of hydrogen-bond acceptors (Lipinski definition) is 3. The normalized spacial score (nSPS) is 27.8. The summed E-state index contributed by atoms with van der Waals surface area (Å²) >= 11 is 0. The predicted molar refractivity (Wildman–Crippen MR) is 81.7 cm³/mol. The number of nitrogens with one attached hydrogen (secondary N) is 1. The van der Waals surface area contributed by atoms with E-state index in [4.69, 9.17) is 0 Å². The predicted octanol–water partition coefficient (Wildman–Crippen LogP) is 1.28. The van der Waals surface area contributed by atoms with Crippen molar-refractivity contribution in [1.29, 1.82) is 0 Å². The molecule has 6 heteroatoms. The number of rotatable bonds is 5. The molecule has 1 unspecified atom stereocenters. The van der Waals surface area contributed by atoms with Crippen LogP contribution >= 0.6 is 0 Å². The number of nitrogens with zero attached hydrogens (tertiary/aromatic N) is 2. The van der Waals surface area contributed by atoms with Gasteiger partial charge in [-0.05, 0) is 51.1 Å². The minimum atomic E-state index is -3.23. The third kappa shape index (κ3) is 3.72. The van der Waals surface area contributed by atoms with Gasteiger partial charge in [-0.25, -0.2) is 0 Å². The van der Waals surface area contributed by atoms with Crippen LogP contribution in [0.15, 0.2) is 0 Å². The fourth-order valence-corrected chi connectivity index (χ4v) is 5.16. The summed E-state index contributed by atoms with van der Waals surface area (Å²) in [5.74, 6) is 1.16. The van der Waals surface area contributed by atoms with E-state index in [9.17, 15) is 8.42 Å². The second-order valence-electron chi connectivity index (χ2n) is 6.18. The van der Waals surface area contributed by atoms with Gasteiger partial charge in [0, 0.05) is 26.2 Å². The van der Waals surface area contributed by atoms with Crippen molar-refractivity contribution < 1.29 is 8.42 Å². The topological polar surface area (TPSA) is 52.7 Å². The van der Waals surface area contributed by atoms with Crippen LogP contribution in [0.25, 0.3) is 0 Å². The van der Waals surface area contributed by atoms with Gasteiger partial charge in [0.1, 0.15) is 0 Å². The summed E-state index contributed by atoms with van der Waals surface area (Å²) in [6.07, 6.45) is 5.32. The lowest BCUT2D eigenvalue weighted by molar-refractivity contribution is 0.219. The molecule has 2 fully saturated rings. The first-order valence-corrected chi connectivity index (χ1v) is 9.37. The lowest BCUT2D eigenvalue weighted by Crippen LogP contribution is -2.51. The Morgan fingerprint density at radius 2 is 1.75 bits per heavy atom. The van der Waals surface area contributed by atoms with Crippen LogP contribution < -0.4 is 5.32 Å². The highest BCUT2D eigenvalue weighted by Crippen LogP contribution is 2.26. The van der Waals surface area contributed by atoms with Crippen LogP contribution in [-0.2, 0) is 10.2 Å². The summed E-state index contributed by atoms with van der Waals surface area (Å²) in [6, 6.07) is 0. The van der Waals surface area contributed by atoms with Gasteiger partial charge in [0.2, 0.25) is 0 Å². The fraction of sp³-hybridized carbons (Fsp3) is 1.00. The van der Waals surface area contributed by atoms with Crippen molar-refractivity contribution in [3.63, 3.8) is 0 Å². The molecule has 0 saturated carbocycles. The van der Waals surface area contributed by atoms with E-state index in [1.807, 2.05) is 7.05 Å². The molecule has 0 aromatic rings. The molecule has 118 valence electrons. The zero-order valence-corrected chi connectivity index (χ0v) is 13.7. The fourth-order valence-electron chi connectivity index (χ4n) is 3.40. The van der Waals surface area contributed by atoms with Crippen LogP contribution in [-0.4, -0.2) is 56.8 Å². The zero-order chi connectivity index (χ0) is 14.6. The standard InChI is InChI=1S/C14H29N3O2S/c1-3-13-6-9-16(10-7-13)20(18,19)17-8-4-5-14(12-17)11-15-2/h13-15H,3-12H2,1-2H3. The quantitative estimate of drug-likeness (QED) is 0.832. The minimum Gasteiger partial charge on any atom is -0.319 e. The summed E-state index contributed by atoms with van der Waals surface area (Å²) in [5.41, 5.74) is 0. The van der Waals surface area contributed by atoms with Gasteiger partial charge in [0.05, 0.1) is 0 Å². The van der Waals surface area contributed by atoms with Crippen molar-refractivity contribution in [2.24, 2.45) is 11.8 Å². The van der Waals surface area contributed by atoms with Crippen molar-refractivity contribution in [2.75, 3.05) is 39.8 Å². The Kier molecular flexibility index (Phi) is 5.84. The minimum absolute atomic E-state index is 0.455. The van der Waals surface area contributed by atoms with Crippen LogP contribution in [0.4, 0.5) is 0 Å². The van der Waals surface area contributed by atoms with Gasteiger partial charge in [0.15, 0.2) is 0 Å². The molecule has 5 nitrogen and oxygen atoms in total.